The molecule has 48 heavy (non-hydrogen) atoms. The van der Waals surface area contributed by atoms with Gasteiger partial charge in [0, 0.05) is 41.2 Å². The van der Waals surface area contributed by atoms with Crippen molar-refractivity contribution in [2.24, 2.45) is 11.8 Å². The van der Waals surface area contributed by atoms with E-state index in [1.165, 1.54) is 35.2 Å². The van der Waals surface area contributed by atoms with Crippen molar-refractivity contribution in [2.45, 2.75) is 114 Å². The second kappa shape index (κ2) is 14.0. The van der Waals surface area contributed by atoms with Gasteiger partial charge >= 0.3 is 5.97 Å². The van der Waals surface area contributed by atoms with Crippen LogP contribution in [0.5, 0.6) is 5.75 Å². The zero-order chi connectivity index (χ0) is 33.3. The average Bonchev–Trinajstić information content (AvgIpc) is 3.70. The predicted molar refractivity (Wildman–Crippen MR) is 188 cm³/mol. The number of hydrogen-bond donors (Lipinski definition) is 2. The molecular weight excluding hydrogens is 624 g/mol. The molecule has 2 aromatic carbocycles. The first kappa shape index (κ1) is 33.4. The number of nitrogens with one attached hydrogen (secondary N) is 1. The molecule has 8 heteroatoms. The molecule has 2 N–H and O–H groups in total. The lowest BCUT2D eigenvalue weighted by Gasteiger charge is -2.47. The first-order chi connectivity index (χ1) is 23.2. The molecule has 7 rings (SSSR count). The number of carboxylic acid groups (broad SMARTS) is 1. The molecular formula is C40H49ClN2O5. The first-order valence-corrected chi connectivity index (χ1v) is 18.4. The zero-order valence-corrected chi connectivity index (χ0v) is 29.1. The first-order valence-electron chi connectivity index (χ1n) is 18.0. The maximum Gasteiger partial charge on any atom is 0.329 e. The van der Waals surface area contributed by atoms with Crippen LogP contribution in [0.3, 0.4) is 0 Å². The van der Waals surface area contributed by atoms with E-state index in [9.17, 15) is 9.90 Å². The van der Waals surface area contributed by atoms with Crippen LogP contribution in [0.25, 0.3) is 0 Å². The summed E-state index contributed by atoms with van der Waals surface area (Å²) in [7, 11) is 0. The van der Waals surface area contributed by atoms with Gasteiger partial charge < -0.3 is 24.6 Å². The minimum absolute atomic E-state index is 0.108. The Morgan fingerprint density at radius 1 is 1.12 bits per heavy atom. The highest BCUT2D eigenvalue weighted by molar-refractivity contribution is 6.30. The number of benzene rings is 2. The summed E-state index contributed by atoms with van der Waals surface area (Å²) in [5.74, 6) is 1.39. The molecule has 2 fully saturated rings. The van der Waals surface area contributed by atoms with Crippen molar-refractivity contribution < 1.29 is 24.1 Å². The standard InChI is InChI=1S/C40H49ClN2O5/c1-26(24-47-35-13-18-42-34-9-3-6-27(2)37(34)35)20-30-22-29-12-11-28(25-48-36-10-5-19-46-36)21-33(29)39(30)14-16-40(17-15-39,38(44)45)43-32-8-4-7-31(41)23-32/h4,7-8,11-13,18,21,23,26-27,30,36,43H,3,5-6,9-10,14-17,19-20,22,24-25H2,1-2H3,(H,44,45)/t26-,27-,30?,36?,39?,40?/m1/s1. The third-order valence-electron chi connectivity index (χ3n) is 11.7. The van der Waals surface area contributed by atoms with E-state index in [1.807, 2.05) is 36.5 Å². The van der Waals surface area contributed by atoms with Gasteiger partial charge in [-0.2, -0.15) is 0 Å². The highest BCUT2D eigenvalue weighted by Crippen LogP contribution is 2.56. The van der Waals surface area contributed by atoms with Gasteiger partial charge in [0.1, 0.15) is 11.3 Å². The third kappa shape index (κ3) is 6.71. The summed E-state index contributed by atoms with van der Waals surface area (Å²) in [5, 5.41) is 14.6. The fourth-order valence-corrected chi connectivity index (χ4v) is 9.29. The van der Waals surface area contributed by atoms with E-state index in [4.69, 9.17) is 25.8 Å². The van der Waals surface area contributed by atoms with E-state index in [-0.39, 0.29) is 11.7 Å². The molecule has 4 atom stereocenters. The smallest absolute Gasteiger partial charge is 0.329 e. The largest absolute Gasteiger partial charge is 0.493 e. The molecule has 256 valence electrons. The number of halogens is 1. The Bertz CT molecular complexity index is 1610. The van der Waals surface area contributed by atoms with Crippen LogP contribution in [-0.4, -0.2) is 41.1 Å². The molecule has 4 aliphatic rings. The summed E-state index contributed by atoms with van der Waals surface area (Å²) in [4.78, 5) is 17.6. The van der Waals surface area contributed by atoms with E-state index >= 15 is 0 Å². The van der Waals surface area contributed by atoms with Gasteiger partial charge in [-0.05, 0) is 128 Å². The number of rotatable bonds is 11. The maximum atomic E-state index is 12.9. The number of hydrogen-bond acceptors (Lipinski definition) is 6. The number of pyridine rings is 1. The summed E-state index contributed by atoms with van der Waals surface area (Å²) < 4.78 is 18.4. The zero-order valence-electron chi connectivity index (χ0n) is 28.3. The van der Waals surface area contributed by atoms with Crippen LogP contribution >= 0.6 is 11.6 Å². The van der Waals surface area contributed by atoms with Gasteiger partial charge in [0.25, 0.3) is 0 Å². The van der Waals surface area contributed by atoms with E-state index in [0.29, 0.717) is 48.8 Å². The molecule has 1 spiro atoms. The summed E-state index contributed by atoms with van der Waals surface area (Å²) in [6.07, 6.45) is 11.8. The van der Waals surface area contributed by atoms with Crippen LogP contribution < -0.4 is 10.1 Å². The fourth-order valence-electron chi connectivity index (χ4n) is 9.10. The van der Waals surface area contributed by atoms with E-state index in [2.05, 4.69) is 42.3 Å². The molecule has 3 aliphatic carbocycles. The fraction of sp³-hybridized carbons (Fsp3) is 0.550. The minimum Gasteiger partial charge on any atom is -0.493 e. The third-order valence-corrected chi connectivity index (χ3v) is 11.9. The van der Waals surface area contributed by atoms with Crippen LogP contribution in [-0.2, 0) is 39.1 Å². The molecule has 7 nitrogen and oxygen atoms in total. The number of carbonyl (C=O) groups is 1. The summed E-state index contributed by atoms with van der Waals surface area (Å²) >= 11 is 6.28. The molecule has 3 aromatic rings. The number of ether oxygens (including phenoxy) is 3. The van der Waals surface area contributed by atoms with Crippen molar-refractivity contribution in [3.8, 4) is 5.75 Å². The van der Waals surface area contributed by atoms with Gasteiger partial charge in [0.05, 0.1) is 13.2 Å². The van der Waals surface area contributed by atoms with Crippen LogP contribution in [0.4, 0.5) is 5.69 Å². The molecule has 2 heterocycles. The number of fused-ring (bicyclic) bond motifs is 3. The Morgan fingerprint density at radius 3 is 2.75 bits per heavy atom. The van der Waals surface area contributed by atoms with Crippen molar-refractivity contribution in [3.05, 3.63) is 87.7 Å². The number of aliphatic carboxylic acids is 1. The molecule has 0 amide bonds. The second-order valence-corrected chi connectivity index (χ2v) is 15.4. The van der Waals surface area contributed by atoms with Gasteiger partial charge in [-0.1, -0.05) is 49.7 Å². The lowest BCUT2D eigenvalue weighted by atomic mass is 9.59. The molecule has 1 saturated carbocycles. The summed E-state index contributed by atoms with van der Waals surface area (Å²) in [6.45, 7) is 6.53. The van der Waals surface area contributed by atoms with Crippen LogP contribution in [0.15, 0.2) is 54.7 Å². The minimum atomic E-state index is -1.05. The van der Waals surface area contributed by atoms with Crippen LogP contribution in [0, 0.1) is 11.8 Å². The summed E-state index contributed by atoms with van der Waals surface area (Å²) in [5.41, 5.74) is 6.00. The molecule has 2 unspecified atom stereocenters. The molecule has 0 radical (unpaired) electrons. The number of carboxylic acids is 1. The van der Waals surface area contributed by atoms with E-state index in [0.717, 1.165) is 68.6 Å². The Balaban J connectivity index is 1.12. The summed E-state index contributed by atoms with van der Waals surface area (Å²) in [6, 6.07) is 16.3. The maximum absolute atomic E-state index is 12.9. The predicted octanol–water partition coefficient (Wildman–Crippen LogP) is 8.85. The molecule has 0 bridgehead atoms. The second-order valence-electron chi connectivity index (χ2n) is 14.9. The lowest BCUT2D eigenvalue weighted by molar-refractivity contribution is -0.144. The van der Waals surface area contributed by atoms with E-state index in [1.54, 1.807) is 0 Å². The molecule has 1 saturated heterocycles. The van der Waals surface area contributed by atoms with Crippen molar-refractivity contribution >= 4 is 23.3 Å². The number of anilines is 1. The van der Waals surface area contributed by atoms with Gasteiger partial charge in [-0.15, -0.1) is 0 Å². The van der Waals surface area contributed by atoms with Crippen LogP contribution in [0.1, 0.15) is 106 Å². The quantitative estimate of drug-likeness (QED) is 0.210. The van der Waals surface area contributed by atoms with Crippen LogP contribution in [0.2, 0.25) is 5.02 Å². The SMILES string of the molecule is C[C@@H](COc1ccnc2c1[C@H](C)CCC2)CC1Cc2ccc(COC3CCCO3)cc2C12CCC(Nc1cccc(Cl)c1)(C(=O)O)CC2. The topological polar surface area (TPSA) is 89.9 Å². The Kier molecular flexibility index (Phi) is 9.74. The van der Waals surface area contributed by atoms with Crippen molar-refractivity contribution in [3.63, 3.8) is 0 Å². The Labute approximate surface area is 289 Å². The average molecular weight is 673 g/mol. The van der Waals surface area contributed by atoms with E-state index < -0.39 is 11.5 Å². The molecule has 1 aliphatic heterocycles. The van der Waals surface area contributed by atoms with Crippen molar-refractivity contribution in [2.75, 3.05) is 18.5 Å². The number of aromatic nitrogens is 1. The van der Waals surface area contributed by atoms with Gasteiger partial charge in [0.2, 0.25) is 0 Å². The van der Waals surface area contributed by atoms with Gasteiger partial charge in [-0.3, -0.25) is 4.98 Å². The normalized spacial score (nSPS) is 28.5. The highest BCUT2D eigenvalue weighted by Gasteiger charge is 2.54. The van der Waals surface area contributed by atoms with Crippen molar-refractivity contribution in [1.29, 1.82) is 0 Å². The molecule has 1 aromatic heterocycles. The number of aryl methyl sites for hydroxylation is 1. The Morgan fingerprint density at radius 2 is 1.98 bits per heavy atom. The Hall–Kier alpha value is -3.13. The van der Waals surface area contributed by atoms with Gasteiger partial charge in [0.15, 0.2) is 6.29 Å². The lowest BCUT2D eigenvalue weighted by Crippen LogP contribution is -2.53. The number of nitrogens with zero attached hydrogens (tertiary/aromatic N) is 1. The monoisotopic (exact) mass is 672 g/mol. The highest BCUT2D eigenvalue weighted by atomic mass is 35.5. The van der Waals surface area contributed by atoms with Gasteiger partial charge in [-0.25, -0.2) is 4.79 Å². The van der Waals surface area contributed by atoms with Crippen molar-refractivity contribution in [1.82, 2.24) is 4.98 Å².